The van der Waals surface area contributed by atoms with Crippen molar-refractivity contribution in [1.29, 1.82) is 0 Å². The van der Waals surface area contributed by atoms with Crippen LogP contribution >= 0.6 is 15.9 Å². The molecule has 1 saturated carbocycles. The maximum atomic E-state index is 12.4. The molecule has 4 heteroatoms. The van der Waals surface area contributed by atoms with Crippen LogP contribution in [0.15, 0.2) is 18.3 Å². The molecule has 0 saturated heterocycles. The van der Waals surface area contributed by atoms with Crippen molar-refractivity contribution in [3.63, 3.8) is 0 Å². The van der Waals surface area contributed by atoms with Crippen LogP contribution in [0.1, 0.15) is 48.7 Å². The van der Waals surface area contributed by atoms with Crippen molar-refractivity contribution in [3.05, 3.63) is 29.6 Å². The van der Waals surface area contributed by atoms with E-state index in [0.717, 1.165) is 29.7 Å². The maximum Gasteiger partial charge on any atom is 0.270 e. The number of nitrogens with zero attached hydrogens (tertiary/aromatic N) is 1. The van der Waals surface area contributed by atoms with E-state index < -0.39 is 0 Å². The summed E-state index contributed by atoms with van der Waals surface area (Å²) in [4.78, 5) is 16.6. The monoisotopic (exact) mass is 324 g/mol. The number of hydrogen-bond acceptors (Lipinski definition) is 2. The van der Waals surface area contributed by atoms with Crippen LogP contribution in [-0.4, -0.2) is 21.8 Å². The largest absolute Gasteiger partial charge is 0.344 e. The van der Waals surface area contributed by atoms with E-state index in [0.29, 0.717) is 5.69 Å². The van der Waals surface area contributed by atoms with E-state index >= 15 is 0 Å². The molecule has 104 valence electrons. The Morgan fingerprint density at radius 2 is 2.21 bits per heavy atom. The number of amides is 1. The number of carbonyl (C=O) groups excluding carboxylic acids is 1. The van der Waals surface area contributed by atoms with Gasteiger partial charge in [0.05, 0.1) is 5.54 Å². The molecule has 19 heavy (non-hydrogen) atoms. The molecule has 0 bridgehead atoms. The minimum atomic E-state index is -0.104. The van der Waals surface area contributed by atoms with Gasteiger partial charge in [-0.05, 0) is 50.2 Å². The van der Waals surface area contributed by atoms with E-state index in [2.05, 4.69) is 33.2 Å². The Morgan fingerprint density at radius 1 is 1.53 bits per heavy atom. The molecule has 1 aliphatic rings. The minimum absolute atomic E-state index is 0.0490. The Bertz CT molecular complexity index is 453. The number of aryl methyl sites for hydroxylation is 1. The summed E-state index contributed by atoms with van der Waals surface area (Å²) in [6.45, 7) is 4.20. The Labute approximate surface area is 123 Å². The first kappa shape index (κ1) is 14.5. The zero-order valence-corrected chi connectivity index (χ0v) is 13.2. The van der Waals surface area contributed by atoms with Crippen molar-refractivity contribution in [3.8, 4) is 0 Å². The fourth-order valence-corrected chi connectivity index (χ4v) is 3.33. The SMILES string of the molecule is Cc1cccnc1C(=O)NC1(CBr)CCC(C)CC1. The summed E-state index contributed by atoms with van der Waals surface area (Å²) in [5, 5.41) is 4.02. The normalized spacial score (nSPS) is 27.0. The van der Waals surface area contributed by atoms with Crippen molar-refractivity contribution >= 4 is 21.8 Å². The summed E-state index contributed by atoms with van der Waals surface area (Å²) in [6, 6.07) is 3.78. The van der Waals surface area contributed by atoms with E-state index in [4.69, 9.17) is 0 Å². The molecule has 3 nitrogen and oxygen atoms in total. The molecule has 1 aromatic rings. The fourth-order valence-electron chi connectivity index (χ4n) is 2.63. The molecule has 1 aromatic heterocycles. The third-order valence-electron chi connectivity index (χ3n) is 4.09. The van der Waals surface area contributed by atoms with Gasteiger partial charge in [0.15, 0.2) is 0 Å². The summed E-state index contributed by atoms with van der Waals surface area (Å²) in [7, 11) is 0. The lowest BCUT2D eigenvalue weighted by molar-refractivity contribution is 0.0868. The van der Waals surface area contributed by atoms with Gasteiger partial charge in [0, 0.05) is 11.5 Å². The Hall–Kier alpha value is -0.900. The molecule has 1 N–H and O–H groups in total. The number of carbonyl (C=O) groups is 1. The van der Waals surface area contributed by atoms with Crippen LogP contribution < -0.4 is 5.32 Å². The number of rotatable bonds is 3. The summed E-state index contributed by atoms with van der Waals surface area (Å²) in [5.41, 5.74) is 1.36. The predicted molar refractivity (Wildman–Crippen MR) is 80.6 cm³/mol. The zero-order valence-electron chi connectivity index (χ0n) is 11.6. The lowest BCUT2D eigenvalue weighted by atomic mass is 9.78. The van der Waals surface area contributed by atoms with E-state index in [9.17, 15) is 4.79 Å². The van der Waals surface area contributed by atoms with Crippen molar-refractivity contribution < 1.29 is 4.79 Å². The van der Waals surface area contributed by atoms with Gasteiger partial charge in [-0.25, -0.2) is 0 Å². The summed E-state index contributed by atoms with van der Waals surface area (Å²) in [5.74, 6) is 0.716. The highest BCUT2D eigenvalue weighted by Gasteiger charge is 2.35. The average Bonchev–Trinajstić information content (AvgIpc) is 2.42. The summed E-state index contributed by atoms with van der Waals surface area (Å²) in [6.07, 6.45) is 6.10. The molecule has 1 aliphatic carbocycles. The molecular formula is C15H21BrN2O. The first-order valence-corrected chi connectivity index (χ1v) is 7.98. The number of pyridine rings is 1. The predicted octanol–water partition coefficient (Wildman–Crippen LogP) is 3.46. The van der Waals surface area contributed by atoms with Crippen LogP contribution in [0, 0.1) is 12.8 Å². The highest BCUT2D eigenvalue weighted by atomic mass is 79.9. The molecule has 0 spiro atoms. The number of hydrogen-bond donors (Lipinski definition) is 1. The van der Waals surface area contributed by atoms with Gasteiger partial charge in [-0.3, -0.25) is 9.78 Å². The van der Waals surface area contributed by atoms with Crippen LogP contribution in [-0.2, 0) is 0 Å². The number of halogens is 1. The first-order valence-electron chi connectivity index (χ1n) is 6.86. The standard InChI is InChI=1S/C15H21BrN2O/c1-11-5-7-15(10-16,8-6-11)18-14(19)13-12(2)4-3-9-17-13/h3-4,9,11H,5-8,10H2,1-2H3,(H,18,19). The average molecular weight is 325 g/mol. The second kappa shape index (κ2) is 6.04. The van der Waals surface area contributed by atoms with Crippen molar-refractivity contribution in [2.75, 3.05) is 5.33 Å². The number of aromatic nitrogens is 1. The van der Waals surface area contributed by atoms with E-state index in [1.54, 1.807) is 6.20 Å². The van der Waals surface area contributed by atoms with Crippen molar-refractivity contribution in [1.82, 2.24) is 10.3 Å². The quantitative estimate of drug-likeness (QED) is 0.865. The molecule has 0 atom stereocenters. The fraction of sp³-hybridized carbons (Fsp3) is 0.600. The first-order chi connectivity index (χ1) is 9.06. The summed E-state index contributed by atoms with van der Waals surface area (Å²) >= 11 is 3.57. The second-order valence-corrected chi connectivity index (χ2v) is 6.28. The van der Waals surface area contributed by atoms with Crippen LogP contribution in [0.5, 0.6) is 0 Å². The highest BCUT2D eigenvalue weighted by Crippen LogP contribution is 2.33. The lowest BCUT2D eigenvalue weighted by Crippen LogP contribution is -2.52. The second-order valence-electron chi connectivity index (χ2n) is 5.72. The van der Waals surface area contributed by atoms with Gasteiger partial charge in [-0.15, -0.1) is 0 Å². The van der Waals surface area contributed by atoms with Crippen molar-refractivity contribution in [2.24, 2.45) is 5.92 Å². The Morgan fingerprint density at radius 3 is 2.79 bits per heavy atom. The van der Waals surface area contributed by atoms with Crippen molar-refractivity contribution in [2.45, 2.75) is 45.1 Å². The van der Waals surface area contributed by atoms with Gasteiger partial charge in [0.25, 0.3) is 5.91 Å². The van der Waals surface area contributed by atoms with Gasteiger partial charge in [0.1, 0.15) is 5.69 Å². The number of nitrogens with one attached hydrogen (secondary N) is 1. The smallest absolute Gasteiger partial charge is 0.270 e. The zero-order chi connectivity index (χ0) is 13.9. The minimum Gasteiger partial charge on any atom is -0.344 e. The highest BCUT2D eigenvalue weighted by molar-refractivity contribution is 9.09. The molecule has 0 unspecified atom stereocenters. The van der Waals surface area contributed by atoms with Crippen LogP contribution in [0.2, 0.25) is 0 Å². The molecule has 1 heterocycles. The molecule has 0 aliphatic heterocycles. The van der Waals surface area contributed by atoms with E-state index in [1.807, 2.05) is 19.1 Å². The van der Waals surface area contributed by atoms with Gasteiger partial charge >= 0.3 is 0 Å². The third kappa shape index (κ3) is 3.35. The Kier molecular flexibility index (Phi) is 4.61. The third-order valence-corrected chi connectivity index (χ3v) is 5.16. The molecule has 0 radical (unpaired) electrons. The van der Waals surface area contributed by atoms with E-state index in [1.165, 1.54) is 12.8 Å². The molecule has 1 amide bonds. The molecular weight excluding hydrogens is 304 g/mol. The molecule has 0 aromatic carbocycles. The molecule has 1 fully saturated rings. The van der Waals surface area contributed by atoms with Gasteiger partial charge in [-0.1, -0.05) is 28.9 Å². The van der Waals surface area contributed by atoms with Crippen LogP contribution in [0.3, 0.4) is 0 Å². The van der Waals surface area contributed by atoms with Gasteiger partial charge < -0.3 is 5.32 Å². The lowest BCUT2D eigenvalue weighted by Gasteiger charge is -2.38. The van der Waals surface area contributed by atoms with Gasteiger partial charge in [-0.2, -0.15) is 0 Å². The topological polar surface area (TPSA) is 42.0 Å². The van der Waals surface area contributed by atoms with Crippen LogP contribution in [0.4, 0.5) is 0 Å². The van der Waals surface area contributed by atoms with Crippen LogP contribution in [0.25, 0.3) is 0 Å². The van der Waals surface area contributed by atoms with E-state index in [-0.39, 0.29) is 11.4 Å². The van der Waals surface area contributed by atoms with Gasteiger partial charge in [0.2, 0.25) is 0 Å². The molecule has 2 rings (SSSR count). The summed E-state index contributed by atoms with van der Waals surface area (Å²) < 4.78 is 0. The number of alkyl halides is 1. The maximum absolute atomic E-state index is 12.4. The Balaban J connectivity index is 2.11.